The van der Waals surface area contributed by atoms with Crippen molar-refractivity contribution in [3.8, 4) is 0 Å². The van der Waals surface area contributed by atoms with Crippen molar-refractivity contribution in [2.24, 2.45) is 0 Å². The summed E-state index contributed by atoms with van der Waals surface area (Å²) in [5.74, 6) is -0.141. The minimum atomic E-state index is -0.586. The molecule has 0 amide bonds. The molecule has 2 rings (SSSR count). The van der Waals surface area contributed by atoms with Gasteiger partial charge in [-0.25, -0.2) is 14.8 Å². The number of aromatic nitrogens is 2. The number of nitrogens with zero attached hydrogens (tertiary/aromatic N) is 3. The summed E-state index contributed by atoms with van der Waals surface area (Å²) in [5.41, 5.74) is 1.16. The molecule has 0 aliphatic rings. The van der Waals surface area contributed by atoms with Gasteiger partial charge in [-0.2, -0.15) is 0 Å². The van der Waals surface area contributed by atoms with E-state index < -0.39 is 10.9 Å². The number of ether oxygens (including phenoxy) is 1. The first-order valence-electron chi connectivity index (χ1n) is 8.24. The highest BCUT2D eigenvalue weighted by atomic mass is 16.6. The molecule has 0 saturated carbocycles. The van der Waals surface area contributed by atoms with Crippen LogP contribution in [0.25, 0.3) is 0 Å². The first-order valence-corrected chi connectivity index (χ1v) is 8.24. The zero-order chi connectivity index (χ0) is 19.3. The summed E-state index contributed by atoms with van der Waals surface area (Å²) in [4.78, 5) is 31.0. The smallest absolute Gasteiger partial charge is 0.376 e. The van der Waals surface area contributed by atoms with E-state index in [1.54, 1.807) is 25.1 Å². The number of hydrogen-bond donors (Lipinski definition) is 1. The minimum absolute atomic E-state index is 0.0131. The molecule has 0 fully saturated rings. The van der Waals surface area contributed by atoms with E-state index in [0.717, 1.165) is 5.56 Å². The number of rotatable bonds is 6. The summed E-state index contributed by atoms with van der Waals surface area (Å²) in [6.07, 6.45) is 0. The van der Waals surface area contributed by atoms with Gasteiger partial charge in [0.05, 0.1) is 17.2 Å². The molecular weight excluding hydrogens is 336 g/mol. The van der Waals surface area contributed by atoms with E-state index in [2.05, 4.69) is 15.3 Å². The van der Waals surface area contributed by atoms with E-state index in [-0.39, 0.29) is 23.5 Å². The molecule has 26 heavy (non-hydrogen) atoms. The second kappa shape index (κ2) is 7.90. The van der Waals surface area contributed by atoms with Crippen LogP contribution in [0.3, 0.4) is 0 Å². The van der Waals surface area contributed by atoms with Crippen molar-refractivity contribution in [3.63, 3.8) is 0 Å². The summed E-state index contributed by atoms with van der Waals surface area (Å²) >= 11 is 0. The third-order valence-corrected chi connectivity index (χ3v) is 3.55. The molecule has 1 aromatic carbocycles. The van der Waals surface area contributed by atoms with E-state index in [1.807, 2.05) is 20.8 Å². The van der Waals surface area contributed by atoms with E-state index >= 15 is 0 Å². The fourth-order valence-corrected chi connectivity index (χ4v) is 2.18. The number of esters is 1. The zero-order valence-corrected chi connectivity index (χ0v) is 15.3. The predicted molar refractivity (Wildman–Crippen MR) is 97.1 cm³/mol. The average Bonchev–Trinajstić information content (AvgIpc) is 2.59. The van der Waals surface area contributed by atoms with Crippen LogP contribution in [0.2, 0.25) is 0 Å². The summed E-state index contributed by atoms with van der Waals surface area (Å²) in [6.45, 7) is 8.22. The van der Waals surface area contributed by atoms with E-state index in [1.165, 1.54) is 12.1 Å². The molecule has 0 aliphatic heterocycles. The Morgan fingerprint density at radius 2 is 2.00 bits per heavy atom. The van der Waals surface area contributed by atoms with Crippen LogP contribution in [0, 0.1) is 10.1 Å². The molecule has 8 heteroatoms. The van der Waals surface area contributed by atoms with Gasteiger partial charge in [-0.05, 0) is 12.5 Å². The number of benzene rings is 1. The molecule has 2 aromatic rings. The lowest BCUT2D eigenvalue weighted by Crippen LogP contribution is -2.19. The number of anilines is 1. The van der Waals surface area contributed by atoms with E-state index in [4.69, 9.17) is 4.74 Å². The monoisotopic (exact) mass is 358 g/mol. The van der Waals surface area contributed by atoms with Crippen LogP contribution in [-0.2, 0) is 16.7 Å². The number of hydrogen-bond acceptors (Lipinski definition) is 7. The Morgan fingerprint density at radius 3 is 2.62 bits per heavy atom. The minimum Gasteiger partial charge on any atom is -0.460 e. The summed E-state index contributed by atoms with van der Waals surface area (Å²) < 4.78 is 4.99. The molecule has 138 valence electrons. The van der Waals surface area contributed by atoms with Crippen LogP contribution < -0.4 is 5.32 Å². The third kappa shape index (κ3) is 4.98. The quantitative estimate of drug-likeness (QED) is 0.478. The van der Waals surface area contributed by atoms with E-state index in [9.17, 15) is 14.9 Å². The van der Waals surface area contributed by atoms with Crippen LogP contribution in [0.5, 0.6) is 0 Å². The highest BCUT2D eigenvalue weighted by molar-refractivity contribution is 5.85. The van der Waals surface area contributed by atoms with Gasteiger partial charge >= 0.3 is 5.97 Å². The van der Waals surface area contributed by atoms with Gasteiger partial charge in [0.25, 0.3) is 5.69 Å². The van der Waals surface area contributed by atoms with Gasteiger partial charge in [-0.15, -0.1) is 0 Å². The molecule has 0 aliphatic carbocycles. The number of non-ortho nitro benzene ring substituents is 1. The maximum atomic E-state index is 12.0. The standard InChI is InChI=1S/C18H22N4O4/c1-5-26-17(23)16-20-14(18(2,3)4)10-15(21-16)19-11-12-7-6-8-13(9-12)22(24)25/h6-10H,5,11H2,1-4H3,(H,19,20,21). The number of nitrogens with one attached hydrogen (secondary N) is 1. The lowest BCUT2D eigenvalue weighted by atomic mass is 9.92. The highest BCUT2D eigenvalue weighted by Gasteiger charge is 2.21. The summed E-state index contributed by atoms with van der Waals surface area (Å²) in [5, 5.41) is 14.0. The van der Waals surface area contributed by atoms with Crippen molar-refractivity contribution in [1.82, 2.24) is 9.97 Å². The molecule has 8 nitrogen and oxygen atoms in total. The van der Waals surface area contributed by atoms with Crippen LogP contribution in [0.1, 0.15) is 49.6 Å². The Labute approximate surface area is 151 Å². The van der Waals surface area contributed by atoms with Crippen molar-refractivity contribution < 1.29 is 14.5 Å². The molecule has 0 saturated heterocycles. The molecule has 1 heterocycles. The molecule has 1 aromatic heterocycles. The molecule has 0 atom stereocenters. The second-order valence-corrected chi connectivity index (χ2v) is 6.71. The molecule has 0 bridgehead atoms. The van der Waals surface area contributed by atoms with E-state index in [0.29, 0.717) is 18.1 Å². The largest absolute Gasteiger partial charge is 0.460 e. The number of nitro groups is 1. The van der Waals surface area contributed by atoms with Gasteiger partial charge < -0.3 is 10.1 Å². The molecule has 1 N–H and O–H groups in total. The Hall–Kier alpha value is -3.03. The van der Waals surface area contributed by atoms with Crippen LogP contribution in [0.4, 0.5) is 11.5 Å². The lowest BCUT2D eigenvalue weighted by molar-refractivity contribution is -0.384. The topological polar surface area (TPSA) is 107 Å². The third-order valence-electron chi connectivity index (χ3n) is 3.55. The second-order valence-electron chi connectivity index (χ2n) is 6.71. The maximum Gasteiger partial charge on any atom is 0.376 e. The zero-order valence-electron chi connectivity index (χ0n) is 15.3. The fourth-order valence-electron chi connectivity index (χ4n) is 2.18. The fraction of sp³-hybridized carbons (Fsp3) is 0.389. The highest BCUT2D eigenvalue weighted by Crippen LogP contribution is 2.23. The number of nitro benzene ring substituents is 1. The maximum absolute atomic E-state index is 12.0. The van der Waals surface area contributed by atoms with Crippen LogP contribution >= 0.6 is 0 Å². The van der Waals surface area contributed by atoms with Crippen molar-refractivity contribution >= 4 is 17.5 Å². The normalized spacial score (nSPS) is 11.1. The molecular formula is C18H22N4O4. The van der Waals surface area contributed by atoms with Crippen LogP contribution in [0.15, 0.2) is 30.3 Å². The van der Waals surface area contributed by atoms with Gasteiger partial charge in [0.15, 0.2) is 0 Å². The number of carbonyl (C=O) groups is 1. The Balaban J connectivity index is 2.27. The Morgan fingerprint density at radius 1 is 1.27 bits per heavy atom. The summed E-state index contributed by atoms with van der Waals surface area (Å²) in [6, 6.07) is 8.09. The molecule has 0 radical (unpaired) electrons. The number of carbonyl (C=O) groups excluding carboxylic acids is 1. The molecule has 0 spiro atoms. The van der Waals surface area contributed by atoms with Gasteiger partial charge in [-0.3, -0.25) is 10.1 Å². The average molecular weight is 358 g/mol. The van der Waals surface area contributed by atoms with Crippen molar-refractivity contribution in [2.45, 2.75) is 39.7 Å². The first-order chi connectivity index (χ1) is 12.2. The van der Waals surface area contributed by atoms with Crippen molar-refractivity contribution in [2.75, 3.05) is 11.9 Å². The van der Waals surface area contributed by atoms with Crippen molar-refractivity contribution in [3.05, 3.63) is 57.5 Å². The predicted octanol–water partition coefficient (Wildman–Crippen LogP) is 3.47. The van der Waals surface area contributed by atoms with Crippen LogP contribution in [-0.4, -0.2) is 27.5 Å². The van der Waals surface area contributed by atoms with Gasteiger partial charge in [0.2, 0.25) is 5.82 Å². The Bertz CT molecular complexity index is 815. The summed E-state index contributed by atoms with van der Waals surface area (Å²) in [7, 11) is 0. The molecule has 0 unspecified atom stereocenters. The SMILES string of the molecule is CCOC(=O)c1nc(NCc2cccc([N+](=O)[O-])c2)cc(C(C)(C)C)n1. The van der Waals surface area contributed by atoms with Gasteiger partial charge in [0, 0.05) is 30.2 Å². The van der Waals surface area contributed by atoms with Gasteiger partial charge in [0.1, 0.15) is 5.82 Å². The van der Waals surface area contributed by atoms with Crippen molar-refractivity contribution in [1.29, 1.82) is 0 Å². The lowest BCUT2D eigenvalue weighted by Gasteiger charge is -2.19. The van der Waals surface area contributed by atoms with Gasteiger partial charge in [-0.1, -0.05) is 32.9 Å². The Kier molecular flexibility index (Phi) is 5.86. The first kappa shape index (κ1) is 19.3.